The molecule has 17 nitrogen and oxygen atoms in total. The Morgan fingerprint density at radius 3 is 2.15 bits per heavy atom. The van der Waals surface area contributed by atoms with Gasteiger partial charge in [0, 0.05) is 43.3 Å². The van der Waals surface area contributed by atoms with Crippen molar-refractivity contribution in [1.82, 2.24) is 24.9 Å². The summed E-state index contributed by atoms with van der Waals surface area (Å²) < 4.78 is 30.1. The van der Waals surface area contributed by atoms with Crippen molar-refractivity contribution < 1.29 is 47.7 Å². The number of nitrogens with one attached hydrogen (secondary N) is 2. The topological polar surface area (TPSA) is 206 Å². The number of amides is 5. The van der Waals surface area contributed by atoms with Crippen molar-refractivity contribution in [2.24, 2.45) is 5.73 Å². The molecule has 0 spiro atoms. The molecule has 5 amide bonds. The fourth-order valence-electron chi connectivity index (χ4n) is 7.90. The van der Waals surface area contributed by atoms with E-state index in [-0.39, 0.29) is 24.0 Å². The van der Waals surface area contributed by atoms with Gasteiger partial charge in [-0.2, -0.15) is 5.10 Å². The zero-order chi connectivity index (χ0) is 42.6. The normalized spacial score (nSPS) is 18.2. The van der Waals surface area contributed by atoms with Crippen LogP contribution in [-0.2, 0) is 33.3 Å². The van der Waals surface area contributed by atoms with Gasteiger partial charge in [0.2, 0.25) is 11.8 Å². The van der Waals surface area contributed by atoms with Gasteiger partial charge in [-0.15, -0.1) is 0 Å². The molecule has 2 unspecified atom stereocenters. The van der Waals surface area contributed by atoms with Crippen LogP contribution in [0.3, 0.4) is 0 Å². The predicted octanol–water partition coefficient (Wildman–Crippen LogP) is 2.90. The van der Waals surface area contributed by atoms with Crippen LogP contribution in [0.4, 0.5) is 5.69 Å². The highest BCUT2D eigenvalue weighted by Gasteiger charge is 2.45. The number of benzene rings is 3. The maximum atomic E-state index is 13.2. The summed E-state index contributed by atoms with van der Waals surface area (Å²) in [6.07, 6.45) is 4.37. The lowest BCUT2D eigenvalue weighted by Crippen LogP contribution is -2.54. The summed E-state index contributed by atoms with van der Waals surface area (Å²) in [7, 11) is 0. The third-order valence-electron chi connectivity index (χ3n) is 11.0. The number of rotatable bonds is 23. The molecule has 2 atom stereocenters. The molecule has 61 heavy (non-hydrogen) atoms. The SMILES string of the molecule is NC(=O)c1cccc2cn(-c3ccc(C4CCCN(CCOCCOCCOCCOCCOCCNc5cccc6c5C(=O)N(C5CCC(=O)NC5=O)C6=O)C4)cc3)nc12. The van der Waals surface area contributed by atoms with Gasteiger partial charge in [-0.1, -0.05) is 30.3 Å². The first kappa shape index (κ1) is 43.5. The molecule has 3 aliphatic heterocycles. The number of carbonyl (C=O) groups is 5. The monoisotopic (exact) mass is 839 g/mol. The Balaban J connectivity index is 0.673. The summed E-state index contributed by atoms with van der Waals surface area (Å²) >= 11 is 0. The lowest BCUT2D eigenvalue weighted by Gasteiger charge is -2.33. The molecule has 4 heterocycles. The number of likely N-dealkylation sites (tertiary alicyclic amines) is 1. The Kier molecular flexibility index (Phi) is 15.2. The van der Waals surface area contributed by atoms with Crippen molar-refractivity contribution in [1.29, 1.82) is 0 Å². The standard InChI is InChI=1S/C44H53N7O10/c45-41(53)35-7-1-4-32-29-50(48-40(32)35)33-11-9-30(10-12-33)31-5-3-16-49(28-31)17-19-58-21-23-60-25-27-61-26-24-59-22-20-57-18-15-46-36-8-2-6-34-39(36)44(56)51(43(34)55)37-13-14-38(52)47-42(37)54/h1-2,4,6-12,29,31,37,46H,3,5,13-28H2,(H2,45,53)(H,47,52,54). The lowest BCUT2D eigenvalue weighted by atomic mass is 9.90. The van der Waals surface area contributed by atoms with E-state index in [1.165, 1.54) is 5.56 Å². The highest BCUT2D eigenvalue weighted by atomic mass is 16.6. The van der Waals surface area contributed by atoms with Crippen LogP contribution in [0.25, 0.3) is 16.6 Å². The van der Waals surface area contributed by atoms with E-state index in [1.54, 1.807) is 28.9 Å². The molecule has 324 valence electrons. The van der Waals surface area contributed by atoms with Crippen molar-refractivity contribution in [3.63, 3.8) is 0 Å². The minimum atomic E-state index is -1.01. The van der Waals surface area contributed by atoms with E-state index >= 15 is 0 Å². The number of imide groups is 2. The number of carbonyl (C=O) groups excluding carboxylic acids is 5. The summed E-state index contributed by atoms with van der Waals surface area (Å²) in [5, 5.41) is 10.8. The fourth-order valence-corrected chi connectivity index (χ4v) is 7.90. The van der Waals surface area contributed by atoms with Gasteiger partial charge in [-0.25, -0.2) is 4.68 Å². The van der Waals surface area contributed by atoms with E-state index < -0.39 is 35.6 Å². The number of anilines is 1. The van der Waals surface area contributed by atoms with Gasteiger partial charge >= 0.3 is 0 Å². The second kappa shape index (κ2) is 21.3. The first-order valence-electron chi connectivity index (χ1n) is 20.9. The van der Waals surface area contributed by atoms with Crippen LogP contribution < -0.4 is 16.4 Å². The summed E-state index contributed by atoms with van der Waals surface area (Å²) in [5.74, 6) is -2.20. The molecule has 0 bridgehead atoms. The molecule has 4 aromatic rings. The first-order chi connectivity index (χ1) is 29.8. The minimum absolute atomic E-state index is 0.0651. The highest BCUT2D eigenvalue weighted by Crippen LogP contribution is 2.32. The van der Waals surface area contributed by atoms with E-state index in [9.17, 15) is 24.0 Å². The van der Waals surface area contributed by atoms with Gasteiger partial charge in [0.25, 0.3) is 17.7 Å². The number of aromatic nitrogens is 2. The van der Waals surface area contributed by atoms with E-state index in [4.69, 9.17) is 29.4 Å². The quantitative estimate of drug-likeness (QED) is 0.0727. The molecule has 2 fully saturated rings. The van der Waals surface area contributed by atoms with Crippen molar-refractivity contribution in [3.8, 4) is 5.69 Å². The fraction of sp³-hybridized carbons (Fsp3) is 0.455. The molecular formula is C44H53N7O10. The lowest BCUT2D eigenvalue weighted by molar-refractivity contribution is -0.136. The Labute approximate surface area is 353 Å². The van der Waals surface area contributed by atoms with E-state index in [2.05, 4.69) is 44.9 Å². The molecule has 17 heteroatoms. The molecule has 4 N–H and O–H groups in total. The Morgan fingerprint density at radius 1 is 0.787 bits per heavy atom. The van der Waals surface area contributed by atoms with Crippen molar-refractivity contribution >= 4 is 46.1 Å². The van der Waals surface area contributed by atoms with Crippen LogP contribution >= 0.6 is 0 Å². The van der Waals surface area contributed by atoms with Crippen LogP contribution in [0.5, 0.6) is 0 Å². The summed E-state index contributed by atoms with van der Waals surface area (Å²) in [5.41, 5.74) is 9.71. The summed E-state index contributed by atoms with van der Waals surface area (Å²) in [6, 6.07) is 17.9. The number of nitrogens with two attached hydrogens (primary N) is 1. The molecule has 7 rings (SSSR count). The molecular weight excluding hydrogens is 787 g/mol. The number of nitrogens with zero attached hydrogens (tertiary/aromatic N) is 4. The second-order valence-corrected chi connectivity index (χ2v) is 15.1. The largest absolute Gasteiger partial charge is 0.382 e. The van der Waals surface area contributed by atoms with Crippen molar-refractivity contribution in [2.75, 3.05) is 97.6 Å². The van der Waals surface area contributed by atoms with Gasteiger partial charge in [0.05, 0.1) is 88.4 Å². The van der Waals surface area contributed by atoms with Gasteiger partial charge in [0.15, 0.2) is 0 Å². The van der Waals surface area contributed by atoms with Gasteiger partial charge in [0.1, 0.15) is 11.6 Å². The average molecular weight is 840 g/mol. The predicted molar refractivity (Wildman–Crippen MR) is 224 cm³/mol. The highest BCUT2D eigenvalue weighted by molar-refractivity contribution is 6.25. The number of primary amides is 1. The van der Waals surface area contributed by atoms with Crippen molar-refractivity contribution in [2.45, 2.75) is 37.6 Å². The van der Waals surface area contributed by atoms with Gasteiger partial charge in [-0.3, -0.25) is 34.2 Å². The Bertz CT molecular complexity index is 2180. The van der Waals surface area contributed by atoms with Gasteiger partial charge < -0.3 is 39.6 Å². The number of piperidine rings is 2. The Hall–Kier alpha value is -5.56. The van der Waals surface area contributed by atoms with E-state index in [0.717, 1.165) is 48.4 Å². The maximum Gasteiger partial charge on any atom is 0.264 e. The molecule has 1 aromatic heterocycles. The summed E-state index contributed by atoms with van der Waals surface area (Å²) in [6.45, 7) is 7.87. The smallest absolute Gasteiger partial charge is 0.264 e. The number of hydrogen-bond donors (Lipinski definition) is 3. The molecule has 2 saturated heterocycles. The number of hydrogen-bond acceptors (Lipinski definition) is 13. The first-order valence-corrected chi connectivity index (χ1v) is 20.9. The number of fused-ring (bicyclic) bond motifs is 2. The number of ether oxygens (including phenoxy) is 5. The molecule has 3 aromatic carbocycles. The zero-order valence-corrected chi connectivity index (χ0v) is 34.2. The average Bonchev–Trinajstić information content (AvgIpc) is 3.82. The molecule has 3 aliphatic rings. The van der Waals surface area contributed by atoms with Crippen molar-refractivity contribution in [3.05, 3.63) is 89.1 Å². The minimum Gasteiger partial charge on any atom is -0.382 e. The second-order valence-electron chi connectivity index (χ2n) is 15.1. The maximum absolute atomic E-state index is 13.2. The van der Waals surface area contributed by atoms with Crippen LogP contribution in [0.1, 0.15) is 68.2 Å². The molecule has 0 aliphatic carbocycles. The molecule has 0 radical (unpaired) electrons. The van der Waals surface area contributed by atoms with E-state index in [0.29, 0.717) is 95.3 Å². The van der Waals surface area contributed by atoms with Crippen LogP contribution in [0.2, 0.25) is 0 Å². The van der Waals surface area contributed by atoms with Crippen LogP contribution in [0, 0.1) is 0 Å². The third-order valence-corrected chi connectivity index (χ3v) is 11.0. The molecule has 0 saturated carbocycles. The van der Waals surface area contributed by atoms with E-state index in [1.807, 2.05) is 18.3 Å². The zero-order valence-electron chi connectivity index (χ0n) is 34.2. The summed E-state index contributed by atoms with van der Waals surface area (Å²) in [4.78, 5) is 65.3. The third kappa shape index (κ3) is 11.0. The Morgan fingerprint density at radius 2 is 1.46 bits per heavy atom. The van der Waals surface area contributed by atoms with Crippen LogP contribution in [-0.4, -0.2) is 147 Å². The van der Waals surface area contributed by atoms with Gasteiger partial charge in [-0.05, 0) is 67.6 Å². The van der Waals surface area contributed by atoms with Crippen LogP contribution in [0.15, 0.2) is 66.9 Å².